The van der Waals surface area contributed by atoms with Gasteiger partial charge in [0.1, 0.15) is 0 Å². The molecular weight excluding hydrogens is 837 g/mol. The molecule has 342 valence electrons. The second-order valence-corrected chi connectivity index (χ2v) is 19.2. The highest BCUT2D eigenvalue weighted by Gasteiger charge is 2.38. The summed E-state index contributed by atoms with van der Waals surface area (Å²) in [5, 5.41) is 7.16. The van der Waals surface area contributed by atoms with Gasteiger partial charge < -0.3 is 29.2 Å². The molecule has 6 aliphatic rings. The summed E-state index contributed by atoms with van der Waals surface area (Å²) in [4.78, 5) is 65.6. The SMILES string of the molecule is CN1CCN(c2cc3c(c(C4=C(c5c[nH]c6ccccc56)C(=O)NC4=O)c2)CCCC3)CC1.CN1CCN(c2cc3c(c(C4=C(c5cn(C)c6ccccc56)C(=O)NC4=O)c2)CCCC3)CC1. The molecule has 4 amide bonds. The number of piperazine rings is 2. The number of fused-ring (bicyclic) bond motifs is 4. The van der Waals surface area contributed by atoms with Gasteiger partial charge in [0.15, 0.2) is 0 Å². The van der Waals surface area contributed by atoms with Crippen molar-refractivity contribution < 1.29 is 19.2 Å². The van der Waals surface area contributed by atoms with E-state index in [1.54, 1.807) is 0 Å². The van der Waals surface area contributed by atoms with Crippen LogP contribution in [0.1, 0.15) is 70.2 Å². The molecule has 2 aromatic heterocycles. The van der Waals surface area contributed by atoms with Crippen LogP contribution in [0.25, 0.3) is 44.1 Å². The van der Waals surface area contributed by atoms with Gasteiger partial charge in [0.05, 0.1) is 22.3 Å². The van der Waals surface area contributed by atoms with E-state index in [2.05, 4.69) is 73.6 Å². The molecule has 3 N–H and O–H groups in total. The number of aryl methyl sites for hydroxylation is 3. The number of anilines is 2. The summed E-state index contributed by atoms with van der Waals surface area (Å²) in [5.41, 5.74) is 15.0. The van der Waals surface area contributed by atoms with Crippen LogP contribution < -0.4 is 20.4 Å². The fourth-order valence-corrected chi connectivity index (χ4v) is 11.4. The number of carbonyl (C=O) groups excluding carboxylic acids is 4. The second-order valence-electron chi connectivity index (χ2n) is 19.2. The number of carbonyl (C=O) groups is 4. The first-order valence-corrected chi connectivity index (χ1v) is 24.1. The number of benzene rings is 4. The topological polar surface area (TPSA) is 126 Å². The Bertz CT molecular complexity index is 3080. The molecule has 4 aromatic carbocycles. The van der Waals surface area contributed by atoms with Gasteiger partial charge in [-0.05, 0) is 135 Å². The van der Waals surface area contributed by atoms with Crippen molar-refractivity contribution in [2.45, 2.75) is 51.4 Å². The zero-order chi connectivity index (χ0) is 45.9. The number of imide groups is 2. The van der Waals surface area contributed by atoms with Crippen molar-refractivity contribution in [2.24, 2.45) is 7.05 Å². The maximum absolute atomic E-state index is 13.3. The Balaban J connectivity index is 0.000000148. The van der Waals surface area contributed by atoms with Gasteiger partial charge in [-0.2, -0.15) is 0 Å². The third kappa shape index (κ3) is 7.75. The number of H-pyrrole nitrogens is 1. The molecule has 4 aliphatic heterocycles. The molecule has 0 atom stereocenters. The van der Waals surface area contributed by atoms with E-state index in [9.17, 15) is 19.2 Å². The van der Waals surface area contributed by atoms with Crippen molar-refractivity contribution in [3.05, 3.63) is 130 Å². The van der Waals surface area contributed by atoms with Crippen LogP contribution in [-0.4, -0.2) is 109 Å². The maximum Gasteiger partial charge on any atom is 0.259 e. The first-order chi connectivity index (χ1) is 32.6. The van der Waals surface area contributed by atoms with Gasteiger partial charge in [-0.15, -0.1) is 0 Å². The molecule has 0 radical (unpaired) electrons. The number of aromatic nitrogens is 2. The van der Waals surface area contributed by atoms with Crippen LogP contribution in [0.15, 0.2) is 85.2 Å². The molecule has 0 spiro atoms. The summed E-state index contributed by atoms with van der Waals surface area (Å²) < 4.78 is 2.03. The first kappa shape index (κ1) is 42.8. The van der Waals surface area contributed by atoms with E-state index in [0.29, 0.717) is 22.3 Å². The summed E-state index contributed by atoms with van der Waals surface area (Å²) >= 11 is 0. The standard InChI is InChI=1S/C28H30N4O2.C27H28N4O2/c1-30-11-13-32(14-12-30)19-15-18-7-3-4-8-20(18)22(16-19)25-26(28(34)29-27(25)33)23-17-31(2)24-10-6-5-9-21(23)24;1-30-10-12-31(13-11-30)18-14-17-6-2-3-7-19(17)21(15-18)24-25(27(33)29-26(24)32)22-16-28-23-9-5-4-8-20(22)23/h5-6,9-10,15-17H,3-4,7-8,11-14H2,1-2H3,(H,29,33,34);4-5,8-9,14-16,28H,2-3,6-7,10-13H2,1H3,(H,29,32,33). The molecule has 12 rings (SSSR count). The van der Waals surface area contributed by atoms with Crippen molar-refractivity contribution in [3.8, 4) is 0 Å². The normalized spacial score (nSPS) is 19.3. The van der Waals surface area contributed by atoms with Gasteiger partial charge in [-0.3, -0.25) is 29.8 Å². The number of nitrogens with zero attached hydrogens (tertiary/aromatic N) is 5. The number of para-hydroxylation sites is 2. The zero-order valence-electron chi connectivity index (χ0n) is 38.8. The average Bonchev–Trinajstić information content (AvgIpc) is 4.08. The van der Waals surface area contributed by atoms with Crippen molar-refractivity contribution in [3.63, 3.8) is 0 Å². The lowest BCUT2D eigenvalue weighted by Crippen LogP contribution is -2.44. The molecule has 2 aliphatic carbocycles. The number of hydrogen-bond donors (Lipinski definition) is 3. The monoisotopic (exact) mass is 894 g/mol. The molecule has 0 bridgehead atoms. The molecule has 2 saturated heterocycles. The Hall–Kier alpha value is -6.76. The summed E-state index contributed by atoms with van der Waals surface area (Å²) in [6, 6.07) is 25.0. The molecule has 12 nitrogen and oxygen atoms in total. The van der Waals surface area contributed by atoms with Crippen molar-refractivity contribution >= 4 is 79.1 Å². The van der Waals surface area contributed by atoms with Crippen molar-refractivity contribution in [2.75, 3.05) is 76.3 Å². The zero-order valence-corrected chi connectivity index (χ0v) is 38.8. The lowest BCUT2D eigenvalue weighted by molar-refractivity contribution is -0.124. The first-order valence-electron chi connectivity index (χ1n) is 24.1. The van der Waals surface area contributed by atoms with Gasteiger partial charge in [0.2, 0.25) is 0 Å². The lowest BCUT2D eigenvalue weighted by Gasteiger charge is -2.35. The summed E-state index contributed by atoms with van der Waals surface area (Å²) in [6.45, 7) is 7.96. The summed E-state index contributed by atoms with van der Waals surface area (Å²) in [6.07, 6.45) is 12.3. The van der Waals surface area contributed by atoms with E-state index in [1.807, 2.05) is 72.5 Å². The highest BCUT2D eigenvalue weighted by atomic mass is 16.2. The third-order valence-electron chi connectivity index (χ3n) is 15.1. The van der Waals surface area contributed by atoms with E-state index in [0.717, 1.165) is 147 Å². The Labute approximate surface area is 391 Å². The minimum atomic E-state index is -0.311. The van der Waals surface area contributed by atoms with Gasteiger partial charge in [0, 0.05) is 116 Å². The Morgan fingerprint density at radius 1 is 0.463 bits per heavy atom. The fourth-order valence-electron chi connectivity index (χ4n) is 11.4. The van der Waals surface area contributed by atoms with E-state index in [1.165, 1.54) is 34.4 Å². The van der Waals surface area contributed by atoms with Crippen LogP contribution in [0.5, 0.6) is 0 Å². The van der Waals surface area contributed by atoms with Crippen molar-refractivity contribution in [1.29, 1.82) is 0 Å². The number of nitrogens with one attached hydrogen (secondary N) is 3. The molecule has 2 fully saturated rings. The van der Waals surface area contributed by atoms with Crippen LogP contribution in [0, 0.1) is 0 Å². The van der Waals surface area contributed by atoms with Gasteiger partial charge in [-0.25, -0.2) is 0 Å². The van der Waals surface area contributed by atoms with E-state index in [4.69, 9.17) is 0 Å². The summed E-state index contributed by atoms with van der Waals surface area (Å²) in [5.74, 6) is -1.18. The second kappa shape index (κ2) is 17.5. The van der Waals surface area contributed by atoms with Gasteiger partial charge in [0.25, 0.3) is 23.6 Å². The molecule has 6 heterocycles. The van der Waals surface area contributed by atoms with E-state index < -0.39 is 0 Å². The lowest BCUT2D eigenvalue weighted by atomic mass is 9.83. The molecule has 0 saturated carbocycles. The number of amides is 4. The highest BCUT2D eigenvalue weighted by Crippen LogP contribution is 2.43. The molecular formula is C55H58N8O4. The van der Waals surface area contributed by atoms with Crippen LogP contribution in [0.4, 0.5) is 11.4 Å². The maximum atomic E-state index is 13.3. The minimum Gasteiger partial charge on any atom is -0.369 e. The Morgan fingerprint density at radius 2 is 0.910 bits per heavy atom. The summed E-state index contributed by atoms with van der Waals surface area (Å²) in [7, 11) is 6.30. The number of likely N-dealkylation sites (N-methyl/N-ethyl adjacent to an activating group) is 2. The van der Waals surface area contributed by atoms with Crippen LogP contribution >= 0.6 is 0 Å². The van der Waals surface area contributed by atoms with Crippen LogP contribution in [0.3, 0.4) is 0 Å². The predicted octanol–water partition coefficient (Wildman–Crippen LogP) is 6.74. The molecule has 67 heavy (non-hydrogen) atoms. The highest BCUT2D eigenvalue weighted by molar-refractivity contribution is 6.51. The molecule has 0 unspecified atom stereocenters. The smallest absolute Gasteiger partial charge is 0.259 e. The number of hydrogen-bond acceptors (Lipinski definition) is 8. The van der Waals surface area contributed by atoms with E-state index >= 15 is 0 Å². The minimum absolute atomic E-state index is 0.281. The number of rotatable bonds is 6. The van der Waals surface area contributed by atoms with Gasteiger partial charge >= 0.3 is 0 Å². The number of aromatic amines is 1. The van der Waals surface area contributed by atoms with E-state index in [-0.39, 0.29) is 23.6 Å². The quantitative estimate of drug-likeness (QED) is 0.157. The van der Waals surface area contributed by atoms with Crippen LogP contribution in [0.2, 0.25) is 0 Å². The van der Waals surface area contributed by atoms with Crippen molar-refractivity contribution in [1.82, 2.24) is 30.0 Å². The largest absolute Gasteiger partial charge is 0.369 e. The fraction of sp³-hybridized carbons (Fsp3) is 0.345. The van der Waals surface area contributed by atoms with Crippen LogP contribution in [-0.2, 0) is 51.9 Å². The predicted molar refractivity (Wildman–Crippen MR) is 267 cm³/mol. The average molecular weight is 895 g/mol. The molecule has 12 heteroatoms. The molecule has 6 aromatic rings. The Kier molecular flexibility index (Phi) is 11.2. The Morgan fingerprint density at radius 3 is 1.45 bits per heavy atom. The van der Waals surface area contributed by atoms with Gasteiger partial charge in [-0.1, -0.05) is 36.4 Å². The third-order valence-corrected chi connectivity index (χ3v) is 15.1.